The number of carbonyl (C=O) groups is 1. The van der Waals surface area contributed by atoms with Gasteiger partial charge in [0, 0.05) is 37.2 Å². The summed E-state index contributed by atoms with van der Waals surface area (Å²) >= 11 is 0. The number of nitrogens with zero attached hydrogens (tertiary/aromatic N) is 1. The lowest BCUT2D eigenvalue weighted by molar-refractivity contribution is -0.0945. The molecule has 4 N–H and O–H groups in total. The number of ether oxygens (including phenoxy) is 1. The van der Waals surface area contributed by atoms with Crippen molar-refractivity contribution in [2.24, 2.45) is 5.41 Å². The van der Waals surface area contributed by atoms with Gasteiger partial charge in [0.2, 0.25) is 5.78 Å². The highest BCUT2D eigenvalue weighted by atomic mass is 16.5. The summed E-state index contributed by atoms with van der Waals surface area (Å²) in [7, 11) is 0. The van der Waals surface area contributed by atoms with Gasteiger partial charge in [0.15, 0.2) is 5.76 Å². The number of aliphatic hydroxyl groups is 4. The third-order valence-electron chi connectivity index (χ3n) is 10.3. The highest BCUT2D eigenvalue weighted by Crippen LogP contribution is 2.59. The maximum Gasteiger partial charge on any atom is 0.228 e. The van der Waals surface area contributed by atoms with Crippen LogP contribution in [0.4, 0.5) is 0 Å². The molecule has 1 saturated heterocycles. The number of fused-ring (bicyclic) bond motifs is 8. The molecule has 1 aromatic carbocycles. The fourth-order valence-corrected chi connectivity index (χ4v) is 7.74. The Morgan fingerprint density at radius 3 is 2.74 bits per heavy atom. The first-order valence-corrected chi connectivity index (χ1v) is 16.0. The largest absolute Gasteiger partial charge is 0.461 e. The highest BCUT2D eigenvalue weighted by molar-refractivity contribution is 6.08. The second-order valence-electron chi connectivity index (χ2n) is 13.4. The van der Waals surface area contributed by atoms with Crippen molar-refractivity contribution in [1.29, 1.82) is 0 Å². The minimum atomic E-state index is -1.11. The normalized spacial score (nSPS) is 30.7. The van der Waals surface area contributed by atoms with E-state index in [0.717, 1.165) is 43.4 Å². The molecule has 4 aliphatic rings. The van der Waals surface area contributed by atoms with E-state index >= 15 is 0 Å². The first-order chi connectivity index (χ1) is 20.6. The Morgan fingerprint density at radius 2 is 2.02 bits per heavy atom. The molecule has 8 nitrogen and oxygen atoms in total. The molecule has 8 heteroatoms. The number of rotatable bonds is 9. The van der Waals surface area contributed by atoms with Gasteiger partial charge in [-0.2, -0.15) is 0 Å². The van der Waals surface area contributed by atoms with Gasteiger partial charge in [-0.15, -0.1) is 0 Å². The number of allylic oxidation sites excluding steroid dienone is 2. The quantitative estimate of drug-likeness (QED) is 0.249. The van der Waals surface area contributed by atoms with Gasteiger partial charge in [-0.05, 0) is 100.0 Å². The lowest BCUT2D eigenvalue weighted by atomic mass is 9.64. The number of hydrogen-bond acceptors (Lipinski definition) is 8. The number of hydrogen-bond donors (Lipinski definition) is 4. The molecule has 3 aliphatic carbocycles. The van der Waals surface area contributed by atoms with Crippen LogP contribution in [0.2, 0.25) is 0 Å². The lowest BCUT2D eigenvalue weighted by Gasteiger charge is -2.46. The second-order valence-corrected chi connectivity index (χ2v) is 13.4. The minimum absolute atomic E-state index is 0.0366. The van der Waals surface area contributed by atoms with Crippen LogP contribution in [-0.4, -0.2) is 87.9 Å². The molecule has 43 heavy (non-hydrogen) atoms. The van der Waals surface area contributed by atoms with Crippen LogP contribution in [0.25, 0.3) is 0 Å². The van der Waals surface area contributed by atoms with Gasteiger partial charge in [0.1, 0.15) is 0 Å². The summed E-state index contributed by atoms with van der Waals surface area (Å²) in [6.07, 6.45) is 8.90. The molecule has 2 heterocycles. The van der Waals surface area contributed by atoms with Crippen LogP contribution in [0.1, 0.15) is 98.4 Å². The number of aliphatic hydroxyl groups excluding tert-OH is 3. The van der Waals surface area contributed by atoms with Crippen molar-refractivity contribution in [3.63, 3.8) is 0 Å². The average Bonchev–Trinajstić information content (AvgIpc) is 3.74. The zero-order valence-corrected chi connectivity index (χ0v) is 25.7. The van der Waals surface area contributed by atoms with Crippen molar-refractivity contribution in [3.05, 3.63) is 70.7 Å². The fraction of sp³-hybridized carbons (Fsp3) is 0.629. The Morgan fingerprint density at radius 1 is 1.19 bits per heavy atom. The molecule has 6 unspecified atom stereocenters. The van der Waals surface area contributed by atoms with Crippen molar-refractivity contribution >= 4 is 5.78 Å². The van der Waals surface area contributed by atoms with Crippen LogP contribution < -0.4 is 0 Å². The summed E-state index contributed by atoms with van der Waals surface area (Å²) in [5.41, 5.74) is 1.90. The lowest BCUT2D eigenvalue weighted by Crippen LogP contribution is -2.55. The standard InChI is InChI=1S/C35H49NO7/c1-24-6-3-14-34(2)31(13-15-35(34,41)23-36(20-27(39)22-37)21-28-7-4-16-42-28)29-12-10-25(18-26(38)11-9-24)19-30(29)33(40)32-8-5-17-43-32/h5-6,8,10,12,17,19,26-28,31,37-39,41H,3-4,7,9,11,13-16,18,20-23H2,1-2H3. The van der Waals surface area contributed by atoms with E-state index in [1.165, 1.54) is 11.8 Å². The summed E-state index contributed by atoms with van der Waals surface area (Å²) in [4.78, 5) is 15.9. The Bertz CT molecular complexity index is 1250. The fourth-order valence-electron chi connectivity index (χ4n) is 7.74. The summed E-state index contributed by atoms with van der Waals surface area (Å²) < 4.78 is 11.4. The summed E-state index contributed by atoms with van der Waals surface area (Å²) in [6, 6.07) is 9.35. The first kappa shape index (κ1) is 32.1. The third kappa shape index (κ3) is 7.16. The molecule has 1 aliphatic heterocycles. The van der Waals surface area contributed by atoms with Crippen LogP contribution in [0.5, 0.6) is 0 Å². The van der Waals surface area contributed by atoms with E-state index in [9.17, 15) is 25.2 Å². The summed E-state index contributed by atoms with van der Waals surface area (Å²) in [5.74, 6) is -0.0215. The molecule has 236 valence electrons. The molecule has 6 atom stereocenters. The molecule has 6 rings (SSSR count). The van der Waals surface area contributed by atoms with Crippen molar-refractivity contribution in [3.8, 4) is 0 Å². The van der Waals surface area contributed by atoms with Crippen molar-refractivity contribution in [2.45, 2.75) is 101 Å². The third-order valence-corrected chi connectivity index (χ3v) is 10.3. The predicted octanol–water partition coefficient (Wildman–Crippen LogP) is 4.38. The van der Waals surface area contributed by atoms with E-state index in [4.69, 9.17) is 9.15 Å². The number of carbonyl (C=O) groups excluding carboxylic acids is 1. The van der Waals surface area contributed by atoms with Crippen LogP contribution in [0, 0.1) is 5.41 Å². The monoisotopic (exact) mass is 595 g/mol. The topological polar surface area (TPSA) is 124 Å². The molecule has 2 bridgehead atoms. The highest BCUT2D eigenvalue weighted by Gasteiger charge is 2.57. The average molecular weight is 596 g/mol. The molecule has 2 fully saturated rings. The minimum Gasteiger partial charge on any atom is -0.461 e. The van der Waals surface area contributed by atoms with Gasteiger partial charge in [-0.3, -0.25) is 9.69 Å². The van der Waals surface area contributed by atoms with Gasteiger partial charge >= 0.3 is 0 Å². The van der Waals surface area contributed by atoms with Crippen molar-refractivity contribution in [1.82, 2.24) is 4.90 Å². The number of furan rings is 1. The van der Waals surface area contributed by atoms with E-state index < -0.39 is 23.2 Å². The molecule has 0 radical (unpaired) electrons. The van der Waals surface area contributed by atoms with Crippen LogP contribution >= 0.6 is 0 Å². The van der Waals surface area contributed by atoms with Gasteiger partial charge in [0.05, 0.1) is 36.8 Å². The molecular weight excluding hydrogens is 546 g/mol. The van der Waals surface area contributed by atoms with Gasteiger partial charge in [0.25, 0.3) is 0 Å². The van der Waals surface area contributed by atoms with Gasteiger partial charge in [-0.1, -0.05) is 30.7 Å². The molecule has 2 aromatic rings. The van der Waals surface area contributed by atoms with Gasteiger partial charge < -0.3 is 29.6 Å². The Balaban J connectivity index is 1.55. The summed E-state index contributed by atoms with van der Waals surface area (Å²) in [6.45, 7) is 5.81. The first-order valence-electron chi connectivity index (χ1n) is 16.0. The summed E-state index contributed by atoms with van der Waals surface area (Å²) in [5, 5.41) is 43.5. The predicted molar refractivity (Wildman–Crippen MR) is 164 cm³/mol. The van der Waals surface area contributed by atoms with E-state index in [1.54, 1.807) is 12.1 Å². The van der Waals surface area contributed by atoms with Crippen molar-refractivity contribution < 1.29 is 34.4 Å². The Hall–Kier alpha value is -2.33. The molecule has 0 amide bonds. The van der Waals surface area contributed by atoms with E-state index in [0.29, 0.717) is 50.8 Å². The number of ketones is 1. The van der Waals surface area contributed by atoms with Crippen LogP contribution in [0.15, 0.2) is 52.7 Å². The van der Waals surface area contributed by atoms with Crippen LogP contribution in [-0.2, 0) is 11.2 Å². The van der Waals surface area contributed by atoms with E-state index in [2.05, 4.69) is 24.8 Å². The van der Waals surface area contributed by atoms with E-state index in [1.807, 2.05) is 18.2 Å². The zero-order valence-electron chi connectivity index (χ0n) is 25.7. The molecule has 0 spiro atoms. The van der Waals surface area contributed by atoms with Crippen LogP contribution in [0.3, 0.4) is 0 Å². The smallest absolute Gasteiger partial charge is 0.228 e. The molecule has 1 aromatic heterocycles. The maximum absolute atomic E-state index is 13.9. The Kier molecular flexibility index (Phi) is 10.3. The Labute approximate surface area is 255 Å². The number of benzene rings is 1. The van der Waals surface area contributed by atoms with Crippen molar-refractivity contribution in [2.75, 3.05) is 32.8 Å². The zero-order chi connectivity index (χ0) is 30.6. The molecular formula is C35H49NO7. The maximum atomic E-state index is 13.9. The second kappa shape index (κ2) is 13.8. The van der Waals surface area contributed by atoms with Gasteiger partial charge in [-0.25, -0.2) is 0 Å². The molecule has 1 saturated carbocycles. The SMILES string of the molecule is CC1=CCCC2(C)C(CCC2(O)CN(CC(O)CO)CC2CCCO2)c2ccc(cc2C(=O)c2ccco2)CC(O)CC1. The van der Waals surface area contributed by atoms with E-state index in [-0.39, 0.29) is 36.7 Å².